The van der Waals surface area contributed by atoms with Gasteiger partial charge in [0.05, 0.1) is 13.2 Å². The average Bonchev–Trinajstić information content (AvgIpc) is 3.38. The normalized spacial score (nSPS) is 22.7. The molecule has 2 atom stereocenters. The van der Waals surface area contributed by atoms with E-state index >= 15 is 0 Å². The average molecular weight is 299 g/mol. The van der Waals surface area contributed by atoms with Crippen molar-refractivity contribution in [3.8, 4) is 18.0 Å². The Morgan fingerprint density at radius 2 is 1.38 bits per heavy atom. The first-order valence-corrected chi connectivity index (χ1v) is 6.79. The summed E-state index contributed by atoms with van der Waals surface area (Å²) in [7, 11) is 0. The first kappa shape index (κ1) is 14.2. The first-order valence-electron chi connectivity index (χ1n) is 6.79. The highest BCUT2D eigenvalue weighted by Crippen LogP contribution is 2.18. The molecule has 0 spiro atoms. The molecular weight excluding hydrogens is 282 g/mol. The third-order valence-corrected chi connectivity index (χ3v) is 2.65. The highest BCUT2D eigenvalue weighted by molar-refractivity contribution is 5.09. The number of hydrogen-bond acceptors (Lipinski definition) is 9. The van der Waals surface area contributed by atoms with E-state index < -0.39 is 0 Å². The topological polar surface area (TPSA) is 101 Å². The predicted octanol–water partition coefficient (Wildman–Crippen LogP) is -0.200. The minimum Gasteiger partial charge on any atom is -0.460 e. The fourth-order valence-corrected chi connectivity index (χ4v) is 1.36. The van der Waals surface area contributed by atoms with Crippen LogP contribution in [0.1, 0.15) is 6.92 Å². The molecule has 3 rings (SSSR count). The molecule has 2 fully saturated rings. The fraction of sp³-hybridized carbons (Fsp3) is 0.750. The van der Waals surface area contributed by atoms with E-state index in [1.54, 1.807) is 0 Å². The van der Waals surface area contributed by atoms with Gasteiger partial charge >= 0.3 is 18.0 Å². The standard InChI is InChI=1S/C12H17N3O6/c1-2-16-7-21-12-14-10(19-5-8-3-17-8)13-11(15-12)20-6-9-4-18-9/h8-9H,2-7H2,1H3. The molecule has 2 saturated heterocycles. The number of hydrogen-bond donors (Lipinski definition) is 0. The summed E-state index contributed by atoms with van der Waals surface area (Å²) in [5, 5.41) is 0. The Balaban J connectivity index is 1.60. The van der Waals surface area contributed by atoms with Crippen molar-refractivity contribution in [2.45, 2.75) is 19.1 Å². The number of aromatic nitrogens is 3. The molecule has 0 radical (unpaired) electrons. The van der Waals surface area contributed by atoms with Crippen molar-refractivity contribution in [1.29, 1.82) is 0 Å². The van der Waals surface area contributed by atoms with Crippen molar-refractivity contribution < 1.29 is 28.4 Å². The van der Waals surface area contributed by atoms with Gasteiger partial charge in [-0.1, -0.05) is 0 Å². The van der Waals surface area contributed by atoms with Crippen LogP contribution in [-0.2, 0) is 14.2 Å². The summed E-state index contributed by atoms with van der Waals surface area (Å²) in [6.45, 7) is 4.63. The monoisotopic (exact) mass is 299 g/mol. The van der Waals surface area contributed by atoms with Crippen LogP contribution in [0.3, 0.4) is 0 Å². The molecule has 0 N–H and O–H groups in total. The molecule has 9 nitrogen and oxygen atoms in total. The van der Waals surface area contributed by atoms with Gasteiger partial charge in [0, 0.05) is 6.61 Å². The molecule has 116 valence electrons. The van der Waals surface area contributed by atoms with E-state index in [4.69, 9.17) is 28.4 Å². The largest absolute Gasteiger partial charge is 0.460 e. The lowest BCUT2D eigenvalue weighted by atomic mass is 10.5. The summed E-state index contributed by atoms with van der Waals surface area (Å²) < 4.78 is 31.3. The molecule has 21 heavy (non-hydrogen) atoms. The van der Waals surface area contributed by atoms with Crippen molar-refractivity contribution in [2.75, 3.05) is 39.8 Å². The van der Waals surface area contributed by atoms with Crippen molar-refractivity contribution >= 4 is 0 Å². The predicted molar refractivity (Wildman–Crippen MR) is 67.4 cm³/mol. The minimum atomic E-state index is 0.0524. The molecule has 0 aromatic carbocycles. The molecule has 0 bridgehead atoms. The van der Waals surface area contributed by atoms with E-state index in [2.05, 4.69) is 15.0 Å². The van der Waals surface area contributed by atoms with E-state index in [1.165, 1.54) is 0 Å². The number of ether oxygens (including phenoxy) is 6. The highest BCUT2D eigenvalue weighted by Gasteiger charge is 2.25. The number of rotatable bonds is 10. The van der Waals surface area contributed by atoms with Crippen LogP contribution in [0.4, 0.5) is 0 Å². The second-order valence-corrected chi connectivity index (χ2v) is 4.47. The van der Waals surface area contributed by atoms with Crippen molar-refractivity contribution in [1.82, 2.24) is 15.0 Å². The Morgan fingerprint density at radius 1 is 0.905 bits per heavy atom. The maximum absolute atomic E-state index is 5.42. The van der Waals surface area contributed by atoms with Gasteiger partial charge in [-0.25, -0.2) is 0 Å². The van der Waals surface area contributed by atoms with Gasteiger partial charge in [-0.15, -0.1) is 15.0 Å². The summed E-state index contributed by atoms with van der Waals surface area (Å²) in [5.74, 6) is 0. The van der Waals surface area contributed by atoms with Gasteiger partial charge in [-0.05, 0) is 6.92 Å². The Hall–Kier alpha value is -1.71. The molecule has 3 heterocycles. The Labute approximate surface area is 121 Å². The van der Waals surface area contributed by atoms with Gasteiger partial charge in [0.1, 0.15) is 25.4 Å². The van der Waals surface area contributed by atoms with Crippen LogP contribution < -0.4 is 14.2 Å². The van der Waals surface area contributed by atoms with E-state index in [0.29, 0.717) is 33.0 Å². The summed E-state index contributed by atoms with van der Waals surface area (Å²) in [6.07, 6.45) is 0.220. The Kier molecular flexibility index (Phi) is 4.63. The first-order chi connectivity index (χ1) is 10.3. The van der Waals surface area contributed by atoms with Crippen LogP contribution in [0.2, 0.25) is 0 Å². The van der Waals surface area contributed by atoms with Gasteiger partial charge in [-0.3, -0.25) is 0 Å². The zero-order chi connectivity index (χ0) is 14.5. The van der Waals surface area contributed by atoms with E-state index in [0.717, 1.165) is 0 Å². The molecule has 9 heteroatoms. The van der Waals surface area contributed by atoms with Crippen LogP contribution in [0.15, 0.2) is 0 Å². The third kappa shape index (κ3) is 4.96. The summed E-state index contributed by atoms with van der Waals surface area (Å²) >= 11 is 0. The number of epoxide rings is 2. The van der Waals surface area contributed by atoms with E-state index in [-0.39, 0.29) is 37.0 Å². The van der Waals surface area contributed by atoms with Crippen LogP contribution in [-0.4, -0.2) is 67.0 Å². The molecule has 2 unspecified atom stereocenters. The van der Waals surface area contributed by atoms with Crippen LogP contribution in [0, 0.1) is 0 Å². The second kappa shape index (κ2) is 6.83. The molecule has 0 aliphatic carbocycles. The zero-order valence-electron chi connectivity index (χ0n) is 11.7. The molecular formula is C12H17N3O6. The lowest BCUT2D eigenvalue weighted by molar-refractivity contribution is 0.0154. The molecule has 0 saturated carbocycles. The fourth-order valence-electron chi connectivity index (χ4n) is 1.36. The molecule has 1 aromatic rings. The molecule has 0 amide bonds. The maximum atomic E-state index is 5.42. The maximum Gasteiger partial charge on any atom is 0.327 e. The molecule has 1 aromatic heterocycles. The summed E-state index contributed by atoms with van der Waals surface area (Å²) in [5.41, 5.74) is 0. The van der Waals surface area contributed by atoms with Crippen LogP contribution in [0.5, 0.6) is 18.0 Å². The second-order valence-electron chi connectivity index (χ2n) is 4.47. The smallest absolute Gasteiger partial charge is 0.327 e. The Morgan fingerprint density at radius 3 is 1.81 bits per heavy atom. The third-order valence-electron chi connectivity index (χ3n) is 2.65. The quantitative estimate of drug-likeness (QED) is 0.330. The Bertz CT molecular complexity index is 432. The van der Waals surface area contributed by atoms with Crippen molar-refractivity contribution in [3.05, 3.63) is 0 Å². The SMILES string of the molecule is CCOCOc1nc(OCC2CO2)nc(OCC2CO2)n1. The van der Waals surface area contributed by atoms with Crippen molar-refractivity contribution in [2.24, 2.45) is 0 Å². The molecule has 2 aliphatic heterocycles. The highest BCUT2D eigenvalue weighted by atomic mass is 16.7. The van der Waals surface area contributed by atoms with E-state index in [9.17, 15) is 0 Å². The van der Waals surface area contributed by atoms with Gasteiger partial charge in [-0.2, -0.15) is 0 Å². The minimum absolute atomic E-state index is 0.0524. The van der Waals surface area contributed by atoms with Crippen molar-refractivity contribution in [3.63, 3.8) is 0 Å². The van der Waals surface area contributed by atoms with Gasteiger partial charge in [0.2, 0.25) is 0 Å². The van der Waals surface area contributed by atoms with Crippen LogP contribution in [0.25, 0.3) is 0 Å². The molecule has 2 aliphatic rings. The lowest BCUT2D eigenvalue weighted by Gasteiger charge is -2.08. The van der Waals surface area contributed by atoms with E-state index in [1.807, 2.05) is 6.92 Å². The lowest BCUT2D eigenvalue weighted by Crippen LogP contribution is -2.13. The zero-order valence-corrected chi connectivity index (χ0v) is 11.7. The summed E-state index contributed by atoms with van der Waals surface area (Å²) in [4.78, 5) is 12.1. The van der Waals surface area contributed by atoms with Crippen LogP contribution >= 0.6 is 0 Å². The van der Waals surface area contributed by atoms with Gasteiger partial charge in [0.25, 0.3) is 0 Å². The summed E-state index contributed by atoms with van der Waals surface area (Å²) in [6, 6.07) is 0.370. The van der Waals surface area contributed by atoms with Gasteiger partial charge < -0.3 is 28.4 Å². The van der Waals surface area contributed by atoms with Gasteiger partial charge in [0.15, 0.2) is 6.79 Å². The number of nitrogens with zero attached hydrogens (tertiary/aromatic N) is 3.